The Morgan fingerprint density at radius 1 is 1.00 bits per heavy atom. The van der Waals surface area contributed by atoms with Crippen LogP contribution in [-0.2, 0) is 22.1 Å². The van der Waals surface area contributed by atoms with Crippen molar-refractivity contribution in [2.45, 2.75) is 24.1 Å². The fraction of sp³-hybridized carbons (Fsp3) is 0.154. The highest BCUT2D eigenvalue weighted by molar-refractivity contribution is 7.90. The number of hydrogen-bond acceptors (Lipinski definition) is 6. The van der Waals surface area contributed by atoms with Gasteiger partial charge >= 0.3 is 0 Å². The molecule has 0 saturated heterocycles. The van der Waals surface area contributed by atoms with Gasteiger partial charge in [0.25, 0.3) is 5.91 Å². The number of nitrogens with one attached hydrogen (secondary N) is 1. The van der Waals surface area contributed by atoms with Gasteiger partial charge in [-0.25, -0.2) is 13.4 Å². The maximum Gasteiger partial charge on any atom is 0.251 e. The van der Waals surface area contributed by atoms with Gasteiger partial charge in [0, 0.05) is 17.7 Å². The first-order chi connectivity index (χ1) is 16.4. The van der Waals surface area contributed by atoms with E-state index >= 15 is 0 Å². The Balaban J connectivity index is 1.44. The van der Waals surface area contributed by atoms with Gasteiger partial charge in [0.15, 0.2) is 9.84 Å². The van der Waals surface area contributed by atoms with Gasteiger partial charge in [-0.2, -0.15) is 0 Å². The maximum atomic E-state index is 12.7. The van der Waals surface area contributed by atoms with Crippen molar-refractivity contribution in [3.05, 3.63) is 101 Å². The van der Waals surface area contributed by atoms with E-state index in [9.17, 15) is 13.2 Å². The Kier molecular flexibility index (Phi) is 6.79. The summed E-state index contributed by atoms with van der Waals surface area (Å²) in [7, 11) is -1.94. The van der Waals surface area contributed by atoms with Crippen molar-refractivity contribution >= 4 is 15.7 Å². The van der Waals surface area contributed by atoms with Crippen LogP contribution in [0.2, 0.25) is 0 Å². The number of nitrogens with zero attached hydrogens (tertiary/aromatic N) is 1. The highest BCUT2D eigenvalue weighted by Gasteiger charge is 2.21. The zero-order valence-electron chi connectivity index (χ0n) is 18.8. The monoisotopic (exact) mass is 476 g/mol. The number of carbonyl (C=O) groups is 1. The Morgan fingerprint density at radius 3 is 2.44 bits per heavy atom. The number of sulfone groups is 1. The van der Waals surface area contributed by atoms with Gasteiger partial charge in [-0.05, 0) is 61.0 Å². The molecule has 7 nitrogen and oxygen atoms in total. The summed E-state index contributed by atoms with van der Waals surface area (Å²) < 4.78 is 36.3. The lowest BCUT2D eigenvalue weighted by Crippen LogP contribution is -2.22. The molecule has 3 aromatic carbocycles. The number of methoxy groups -OCH3 is 1. The van der Waals surface area contributed by atoms with Gasteiger partial charge in [-0.15, -0.1) is 0 Å². The Bertz CT molecular complexity index is 1390. The van der Waals surface area contributed by atoms with E-state index in [2.05, 4.69) is 10.3 Å². The molecule has 0 aliphatic carbocycles. The van der Waals surface area contributed by atoms with E-state index in [1.807, 2.05) is 24.3 Å². The molecule has 1 aromatic heterocycles. The van der Waals surface area contributed by atoms with Crippen molar-refractivity contribution in [3.8, 4) is 17.2 Å². The zero-order chi connectivity index (χ0) is 24.1. The van der Waals surface area contributed by atoms with Crippen LogP contribution >= 0.6 is 0 Å². The molecule has 0 spiro atoms. The second kappa shape index (κ2) is 9.93. The molecule has 34 heavy (non-hydrogen) atoms. The van der Waals surface area contributed by atoms with Crippen LogP contribution in [0.3, 0.4) is 0 Å². The number of carbonyl (C=O) groups excluding carboxylic acids is 1. The molecule has 0 fully saturated rings. The molecule has 4 aromatic rings. The molecule has 1 amide bonds. The lowest BCUT2D eigenvalue weighted by Gasteiger charge is -2.07. The van der Waals surface area contributed by atoms with Crippen molar-refractivity contribution in [3.63, 3.8) is 0 Å². The number of amides is 1. The number of benzene rings is 3. The molecule has 1 N–H and O–H groups in total. The normalized spacial score (nSPS) is 11.2. The molecule has 0 unspecified atom stereocenters. The number of ether oxygens (including phenoxy) is 1. The summed E-state index contributed by atoms with van der Waals surface area (Å²) in [5.74, 6) is 1.01. The van der Waals surface area contributed by atoms with Gasteiger partial charge in [-0.3, -0.25) is 4.79 Å². The van der Waals surface area contributed by atoms with Crippen LogP contribution in [0.25, 0.3) is 11.5 Å². The van der Waals surface area contributed by atoms with E-state index in [-0.39, 0.29) is 16.6 Å². The second-order valence-electron chi connectivity index (χ2n) is 7.71. The van der Waals surface area contributed by atoms with Crippen LogP contribution in [0.15, 0.2) is 88.2 Å². The third-order valence-corrected chi connectivity index (χ3v) is 6.95. The standard InChI is InChI=1S/C26H24N2O5S/c1-18-24(17-34(30,31)23-9-4-3-5-10-23)28-26(33-18)21-13-11-20(12-14-21)25(29)27-16-19-7-6-8-22(15-19)32-2/h3-15H,16-17H2,1-2H3,(H,27,29). The number of hydrogen-bond donors (Lipinski definition) is 1. The summed E-state index contributed by atoms with van der Waals surface area (Å²) in [6.07, 6.45) is 0. The summed E-state index contributed by atoms with van der Waals surface area (Å²) in [5, 5.41) is 2.88. The smallest absolute Gasteiger partial charge is 0.251 e. The molecule has 0 bridgehead atoms. The van der Waals surface area contributed by atoms with Crippen molar-refractivity contribution < 1.29 is 22.4 Å². The van der Waals surface area contributed by atoms with Crippen molar-refractivity contribution in [2.24, 2.45) is 0 Å². The largest absolute Gasteiger partial charge is 0.497 e. The van der Waals surface area contributed by atoms with Gasteiger partial charge in [0.1, 0.15) is 17.3 Å². The SMILES string of the molecule is COc1cccc(CNC(=O)c2ccc(-c3nc(CS(=O)(=O)c4ccccc4)c(C)o3)cc2)c1. The minimum absolute atomic E-state index is 0.215. The lowest BCUT2D eigenvalue weighted by atomic mass is 10.1. The topological polar surface area (TPSA) is 98.5 Å². The summed E-state index contributed by atoms with van der Waals surface area (Å²) in [6.45, 7) is 2.06. The maximum absolute atomic E-state index is 12.7. The number of rotatable bonds is 8. The predicted octanol–water partition coefficient (Wildman–Crippen LogP) is 4.56. The van der Waals surface area contributed by atoms with Crippen LogP contribution in [0.4, 0.5) is 0 Å². The van der Waals surface area contributed by atoms with Crippen molar-refractivity contribution in [1.82, 2.24) is 10.3 Å². The van der Waals surface area contributed by atoms with Crippen LogP contribution in [-0.4, -0.2) is 26.4 Å². The average Bonchev–Trinajstić information content (AvgIpc) is 3.22. The average molecular weight is 477 g/mol. The van der Waals surface area contributed by atoms with Crippen molar-refractivity contribution in [2.75, 3.05) is 7.11 Å². The summed E-state index contributed by atoms with van der Waals surface area (Å²) in [5.41, 5.74) is 2.43. The number of oxazole rings is 1. The summed E-state index contributed by atoms with van der Waals surface area (Å²) in [6, 6.07) is 22.5. The Labute approximate surface area is 198 Å². The predicted molar refractivity (Wildman–Crippen MR) is 128 cm³/mol. The second-order valence-corrected chi connectivity index (χ2v) is 9.70. The van der Waals surface area contributed by atoms with Crippen LogP contribution in [0.1, 0.15) is 27.4 Å². The van der Waals surface area contributed by atoms with Gasteiger partial charge in [-0.1, -0.05) is 30.3 Å². The van der Waals surface area contributed by atoms with Crippen LogP contribution in [0.5, 0.6) is 5.75 Å². The molecule has 4 rings (SSSR count). The minimum atomic E-state index is -3.54. The minimum Gasteiger partial charge on any atom is -0.497 e. The first-order valence-electron chi connectivity index (χ1n) is 10.6. The van der Waals surface area contributed by atoms with E-state index in [4.69, 9.17) is 9.15 Å². The Morgan fingerprint density at radius 2 is 1.74 bits per heavy atom. The summed E-state index contributed by atoms with van der Waals surface area (Å²) >= 11 is 0. The van der Waals surface area contributed by atoms with E-state index in [0.29, 0.717) is 35.0 Å². The lowest BCUT2D eigenvalue weighted by molar-refractivity contribution is 0.0951. The first-order valence-corrected chi connectivity index (χ1v) is 12.3. The van der Waals surface area contributed by atoms with E-state index in [1.54, 1.807) is 68.6 Å². The molecule has 0 atom stereocenters. The highest BCUT2D eigenvalue weighted by atomic mass is 32.2. The third kappa shape index (κ3) is 5.35. The Hall–Kier alpha value is -3.91. The van der Waals surface area contributed by atoms with Gasteiger partial charge in [0.2, 0.25) is 5.89 Å². The molecular weight excluding hydrogens is 452 g/mol. The fourth-order valence-electron chi connectivity index (χ4n) is 3.41. The molecular formula is C26H24N2O5S. The van der Waals surface area contributed by atoms with Crippen LogP contribution < -0.4 is 10.1 Å². The first kappa shape index (κ1) is 23.3. The molecule has 174 valence electrons. The number of aromatic nitrogens is 1. The molecule has 0 aliphatic rings. The van der Waals surface area contributed by atoms with Crippen molar-refractivity contribution in [1.29, 1.82) is 0 Å². The molecule has 0 saturated carbocycles. The molecule has 1 heterocycles. The summed E-state index contributed by atoms with van der Waals surface area (Å²) in [4.78, 5) is 17.2. The van der Waals surface area contributed by atoms with E-state index in [0.717, 1.165) is 11.3 Å². The molecule has 8 heteroatoms. The highest BCUT2D eigenvalue weighted by Crippen LogP contribution is 2.25. The van der Waals surface area contributed by atoms with Gasteiger partial charge < -0.3 is 14.5 Å². The fourth-order valence-corrected chi connectivity index (χ4v) is 4.77. The van der Waals surface area contributed by atoms with E-state index in [1.165, 1.54) is 0 Å². The van der Waals surface area contributed by atoms with Crippen LogP contribution in [0, 0.1) is 6.92 Å². The quantitative estimate of drug-likeness (QED) is 0.400. The molecule has 0 aliphatic heterocycles. The number of aryl methyl sites for hydroxylation is 1. The van der Waals surface area contributed by atoms with E-state index < -0.39 is 9.84 Å². The van der Waals surface area contributed by atoms with Gasteiger partial charge in [0.05, 0.1) is 17.7 Å². The molecule has 0 radical (unpaired) electrons. The third-order valence-electron chi connectivity index (χ3n) is 5.30. The zero-order valence-corrected chi connectivity index (χ0v) is 19.6.